The molecule has 0 aliphatic heterocycles. The van der Waals surface area contributed by atoms with E-state index in [1.54, 1.807) is 0 Å². The van der Waals surface area contributed by atoms with E-state index in [9.17, 15) is 9.90 Å². The summed E-state index contributed by atoms with van der Waals surface area (Å²) < 4.78 is 0. The Hall–Kier alpha value is -0.610. The van der Waals surface area contributed by atoms with E-state index in [0.29, 0.717) is 19.3 Å². The smallest absolute Gasteiger partial charge is 0.237 e. The van der Waals surface area contributed by atoms with E-state index in [4.69, 9.17) is 5.73 Å². The minimum absolute atomic E-state index is 0.169. The second kappa shape index (κ2) is 6.80. The maximum absolute atomic E-state index is 11.5. The first-order valence-electron chi connectivity index (χ1n) is 5.74. The van der Waals surface area contributed by atoms with Gasteiger partial charge < -0.3 is 16.2 Å². The van der Waals surface area contributed by atoms with Crippen molar-refractivity contribution in [2.24, 2.45) is 5.73 Å². The molecule has 0 saturated heterocycles. The van der Waals surface area contributed by atoms with Crippen LogP contribution in [0.15, 0.2) is 0 Å². The average molecular weight is 216 g/mol. The molecule has 0 aromatic rings. The molecule has 0 heterocycles. The Morgan fingerprint density at radius 1 is 1.40 bits per heavy atom. The van der Waals surface area contributed by atoms with Crippen molar-refractivity contribution in [2.75, 3.05) is 6.54 Å². The molecule has 0 spiro atoms. The number of amides is 1. The van der Waals surface area contributed by atoms with Crippen molar-refractivity contribution < 1.29 is 9.90 Å². The van der Waals surface area contributed by atoms with Gasteiger partial charge in [-0.25, -0.2) is 0 Å². The van der Waals surface area contributed by atoms with Gasteiger partial charge in [0.1, 0.15) is 0 Å². The number of hydrogen-bond donors (Lipinski definition) is 3. The number of aliphatic hydroxyl groups is 1. The standard InChI is InChI=1S/C11H24N2O2/c1-4-7-9(12)10(14)13-8-11(15,5-2)6-3/h9,15H,4-8,12H2,1-3H3,(H,13,14). The van der Waals surface area contributed by atoms with Gasteiger partial charge in [0.05, 0.1) is 11.6 Å². The molecule has 1 unspecified atom stereocenters. The Bertz CT molecular complexity index is 191. The highest BCUT2D eigenvalue weighted by Crippen LogP contribution is 2.12. The van der Waals surface area contributed by atoms with E-state index in [1.165, 1.54) is 0 Å². The van der Waals surface area contributed by atoms with Crippen LogP contribution < -0.4 is 11.1 Å². The highest BCUT2D eigenvalue weighted by Gasteiger charge is 2.23. The van der Waals surface area contributed by atoms with Crippen LogP contribution in [0.1, 0.15) is 46.5 Å². The first-order chi connectivity index (χ1) is 6.99. The van der Waals surface area contributed by atoms with E-state index >= 15 is 0 Å². The number of hydrogen-bond acceptors (Lipinski definition) is 3. The Morgan fingerprint density at radius 2 is 1.93 bits per heavy atom. The second-order valence-corrected chi connectivity index (χ2v) is 4.04. The summed E-state index contributed by atoms with van der Waals surface area (Å²) in [6.07, 6.45) is 2.84. The molecule has 0 rings (SSSR count). The third-order valence-electron chi connectivity index (χ3n) is 2.84. The summed E-state index contributed by atoms with van der Waals surface area (Å²) in [5.41, 5.74) is 4.86. The summed E-state index contributed by atoms with van der Waals surface area (Å²) in [5, 5.41) is 12.6. The zero-order valence-electron chi connectivity index (χ0n) is 10.0. The van der Waals surface area contributed by atoms with E-state index in [1.807, 2.05) is 20.8 Å². The predicted octanol–water partition coefficient (Wildman–Crippen LogP) is 0.781. The van der Waals surface area contributed by atoms with Crippen LogP contribution >= 0.6 is 0 Å². The minimum atomic E-state index is -0.790. The summed E-state index contributed by atoms with van der Waals surface area (Å²) in [4.78, 5) is 11.5. The van der Waals surface area contributed by atoms with Crippen molar-refractivity contribution in [1.82, 2.24) is 5.32 Å². The average Bonchev–Trinajstić information content (AvgIpc) is 2.25. The molecule has 0 aliphatic rings. The van der Waals surface area contributed by atoms with Crippen molar-refractivity contribution in [2.45, 2.75) is 58.1 Å². The third-order valence-corrected chi connectivity index (χ3v) is 2.84. The first kappa shape index (κ1) is 14.4. The van der Waals surface area contributed by atoms with E-state index < -0.39 is 11.6 Å². The van der Waals surface area contributed by atoms with Gasteiger partial charge in [0.15, 0.2) is 0 Å². The van der Waals surface area contributed by atoms with Crippen LogP contribution in [0.3, 0.4) is 0 Å². The zero-order valence-corrected chi connectivity index (χ0v) is 10.0. The minimum Gasteiger partial charge on any atom is -0.388 e. The van der Waals surface area contributed by atoms with E-state index in [-0.39, 0.29) is 12.5 Å². The fourth-order valence-electron chi connectivity index (χ4n) is 1.32. The van der Waals surface area contributed by atoms with Gasteiger partial charge in [-0.1, -0.05) is 27.2 Å². The van der Waals surface area contributed by atoms with Crippen molar-refractivity contribution >= 4 is 5.91 Å². The van der Waals surface area contributed by atoms with E-state index in [0.717, 1.165) is 6.42 Å². The molecule has 0 saturated carbocycles. The van der Waals surface area contributed by atoms with Crippen LogP contribution in [0, 0.1) is 0 Å². The maximum atomic E-state index is 11.5. The van der Waals surface area contributed by atoms with Crippen molar-refractivity contribution in [3.8, 4) is 0 Å². The van der Waals surface area contributed by atoms with Gasteiger partial charge in [0.25, 0.3) is 0 Å². The fourth-order valence-corrected chi connectivity index (χ4v) is 1.32. The Kier molecular flexibility index (Phi) is 6.52. The quantitative estimate of drug-likeness (QED) is 0.588. The fraction of sp³-hybridized carbons (Fsp3) is 0.909. The van der Waals surface area contributed by atoms with Gasteiger partial charge in [0, 0.05) is 6.54 Å². The van der Waals surface area contributed by atoms with Gasteiger partial charge in [0.2, 0.25) is 5.91 Å². The highest BCUT2D eigenvalue weighted by molar-refractivity contribution is 5.81. The molecule has 0 radical (unpaired) electrons. The van der Waals surface area contributed by atoms with E-state index in [2.05, 4.69) is 5.32 Å². The molecular weight excluding hydrogens is 192 g/mol. The number of nitrogens with one attached hydrogen (secondary N) is 1. The summed E-state index contributed by atoms with van der Waals surface area (Å²) in [6.45, 7) is 6.08. The summed E-state index contributed by atoms with van der Waals surface area (Å²) >= 11 is 0. The molecule has 1 amide bonds. The molecule has 0 fully saturated rings. The first-order valence-corrected chi connectivity index (χ1v) is 5.74. The molecule has 4 N–H and O–H groups in total. The van der Waals surface area contributed by atoms with Gasteiger partial charge in [-0.05, 0) is 19.3 Å². The van der Waals surface area contributed by atoms with Crippen LogP contribution in [0.2, 0.25) is 0 Å². The van der Waals surface area contributed by atoms with Gasteiger partial charge in [-0.3, -0.25) is 4.79 Å². The van der Waals surface area contributed by atoms with Crippen LogP contribution in [-0.2, 0) is 4.79 Å². The number of nitrogens with two attached hydrogens (primary N) is 1. The molecule has 0 aromatic heterocycles. The molecule has 1 atom stereocenters. The largest absolute Gasteiger partial charge is 0.388 e. The Morgan fingerprint density at radius 3 is 2.33 bits per heavy atom. The van der Waals surface area contributed by atoms with Gasteiger partial charge >= 0.3 is 0 Å². The number of carbonyl (C=O) groups excluding carboxylic acids is 1. The van der Waals surface area contributed by atoms with Crippen LogP contribution in [0.25, 0.3) is 0 Å². The topological polar surface area (TPSA) is 75.4 Å². The lowest BCUT2D eigenvalue weighted by Crippen LogP contribution is -2.47. The molecular formula is C11H24N2O2. The highest BCUT2D eigenvalue weighted by atomic mass is 16.3. The summed E-state index contributed by atoms with van der Waals surface area (Å²) in [6, 6.07) is -0.451. The third kappa shape index (κ3) is 5.14. The number of carbonyl (C=O) groups is 1. The lowest BCUT2D eigenvalue weighted by Gasteiger charge is -2.26. The zero-order chi connectivity index (χ0) is 11.9. The molecule has 0 aliphatic carbocycles. The van der Waals surface area contributed by atoms with Crippen LogP contribution in [0.5, 0.6) is 0 Å². The van der Waals surface area contributed by atoms with Crippen LogP contribution in [-0.4, -0.2) is 29.2 Å². The normalized spacial score (nSPS) is 13.7. The molecule has 0 aromatic carbocycles. The number of rotatable bonds is 7. The monoisotopic (exact) mass is 216 g/mol. The molecule has 90 valence electrons. The molecule has 0 bridgehead atoms. The second-order valence-electron chi connectivity index (χ2n) is 4.04. The van der Waals surface area contributed by atoms with Crippen molar-refractivity contribution in [3.05, 3.63) is 0 Å². The SMILES string of the molecule is CCCC(N)C(=O)NCC(O)(CC)CC. The molecule has 4 nitrogen and oxygen atoms in total. The summed E-state index contributed by atoms with van der Waals surface area (Å²) in [7, 11) is 0. The predicted molar refractivity (Wildman–Crippen MR) is 61.4 cm³/mol. The van der Waals surface area contributed by atoms with Crippen molar-refractivity contribution in [3.63, 3.8) is 0 Å². The van der Waals surface area contributed by atoms with Crippen molar-refractivity contribution in [1.29, 1.82) is 0 Å². The lowest BCUT2D eigenvalue weighted by atomic mass is 9.97. The lowest BCUT2D eigenvalue weighted by molar-refractivity contribution is -0.123. The Labute approximate surface area is 92.2 Å². The van der Waals surface area contributed by atoms with Gasteiger partial charge in [-0.2, -0.15) is 0 Å². The molecule has 4 heteroatoms. The van der Waals surface area contributed by atoms with Crippen LogP contribution in [0.4, 0.5) is 0 Å². The van der Waals surface area contributed by atoms with Gasteiger partial charge in [-0.15, -0.1) is 0 Å². The molecule has 15 heavy (non-hydrogen) atoms. The maximum Gasteiger partial charge on any atom is 0.237 e. The Balaban J connectivity index is 3.98. The summed E-state index contributed by atoms with van der Waals surface area (Å²) in [5.74, 6) is -0.169.